The molecule has 0 aliphatic carbocycles. The number of carbonyl (C=O) groups excluding carboxylic acids is 2. The molecule has 1 saturated heterocycles. The summed E-state index contributed by atoms with van der Waals surface area (Å²) in [6.45, 7) is 2.59. The van der Waals surface area contributed by atoms with Crippen molar-refractivity contribution in [3.63, 3.8) is 0 Å². The van der Waals surface area contributed by atoms with Crippen LogP contribution in [0.3, 0.4) is 0 Å². The van der Waals surface area contributed by atoms with Gasteiger partial charge in [0.05, 0.1) is 5.54 Å². The molecule has 4 rings (SSSR count). The number of hydrogen-bond donors (Lipinski definition) is 1. The molecule has 0 unspecified atom stereocenters. The van der Waals surface area contributed by atoms with Crippen molar-refractivity contribution < 1.29 is 32.0 Å². The van der Waals surface area contributed by atoms with Crippen molar-refractivity contribution in [2.24, 2.45) is 0 Å². The van der Waals surface area contributed by atoms with Gasteiger partial charge in [0.15, 0.2) is 5.76 Å². The number of aromatic nitrogens is 1. The maximum atomic E-state index is 12.9. The molecule has 0 bridgehead atoms. The zero-order valence-corrected chi connectivity index (χ0v) is 21.1. The molecule has 0 spiro atoms. The minimum absolute atomic E-state index is 0.0252. The van der Waals surface area contributed by atoms with Crippen molar-refractivity contribution in [3.8, 4) is 11.3 Å². The van der Waals surface area contributed by atoms with Crippen LogP contribution in [0.2, 0.25) is 0 Å². The van der Waals surface area contributed by atoms with E-state index in [0.29, 0.717) is 18.0 Å². The van der Waals surface area contributed by atoms with E-state index >= 15 is 0 Å². The van der Waals surface area contributed by atoms with Gasteiger partial charge < -0.3 is 14.6 Å². The van der Waals surface area contributed by atoms with Gasteiger partial charge in [0.1, 0.15) is 24.9 Å². The normalized spacial score (nSPS) is 16.8. The van der Waals surface area contributed by atoms with Crippen molar-refractivity contribution in [2.75, 3.05) is 26.2 Å². The molecule has 11 heteroatoms. The fourth-order valence-corrected chi connectivity index (χ4v) is 4.31. The van der Waals surface area contributed by atoms with Crippen LogP contribution in [0.1, 0.15) is 25.2 Å². The number of benzene rings is 2. The number of nitrogens with one attached hydrogen (secondary N) is 1. The number of halogens is 3. The second kappa shape index (κ2) is 11.3. The average Bonchev–Trinajstić information content (AvgIpc) is 3.42. The van der Waals surface area contributed by atoms with Crippen molar-refractivity contribution in [3.05, 3.63) is 78.1 Å². The van der Waals surface area contributed by atoms with Crippen LogP contribution >= 0.6 is 0 Å². The second-order valence-corrected chi connectivity index (χ2v) is 9.53. The first kappa shape index (κ1) is 27.2. The van der Waals surface area contributed by atoms with Gasteiger partial charge in [-0.1, -0.05) is 65.8 Å². The highest BCUT2D eigenvalue weighted by Gasteiger charge is 2.43. The van der Waals surface area contributed by atoms with Gasteiger partial charge in [0, 0.05) is 31.3 Å². The number of amides is 2. The third-order valence-corrected chi connectivity index (χ3v) is 6.56. The molecule has 1 atom stereocenters. The molecule has 38 heavy (non-hydrogen) atoms. The van der Waals surface area contributed by atoms with Crippen molar-refractivity contribution in [1.82, 2.24) is 20.3 Å². The zero-order chi connectivity index (χ0) is 27.3. The predicted octanol–water partition coefficient (Wildman–Crippen LogP) is 4.58. The molecule has 8 nitrogen and oxygen atoms in total. The van der Waals surface area contributed by atoms with Crippen molar-refractivity contribution in [1.29, 1.82) is 0 Å². The zero-order valence-electron chi connectivity index (χ0n) is 21.1. The summed E-state index contributed by atoms with van der Waals surface area (Å²) in [6, 6.07) is 19.0. The summed E-state index contributed by atoms with van der Waals surface area (Å²) in [7, 11) is 0. The van der Waals surface area contributed by atoms with Crippen LogP contribution in [0.4, 0.5) is 18.0 Å². The second-order valence-electron chi connectivity index (χ2n) is 9.53. The maximum absolute atomic E-state index is 12.9. The van der Waals surface area contributed by atoms with Gasteiger partial charge in [0.2, 0.25) is 5.91 Å². The molecule has 2 amide bonds. The Balaban J connectivity index is 1.51. The lowest BCUT2D eigenvalue weighted by Crippen LogP contribution is -2.63. The Morgan fingerprint density at radius 1 is 1.05 bits per heavy atom. The van der Waals surface area contributed by atoms with Gasteiger partial charge in [-0.15, -0.1) is 0 Å². The molecule has 2 heterocycles. The third-order valence-electron chi connectivity index (χ3n) is 6.56. The van der Waals surface area contributed by atoms with E-state index in [1.54, 1.807) is 30.3 Å². The fourth-order valence-electron chi connectivity index (χ4n) is 4.31. The summed E-state index contributed by atoms with van der Waals surface area (Å²) < 4.78 is 49.5. The Morgan fingerprint density at radius 3 is 2.37 bits per heavy atom. The van der Waals surface area contributed by atoms with Crippen LogP contribution in [0.25, 0.3) is 11.3 Å². The largest absolute Gasteiger partial charge is 0.445 e. The van der Waals surface area contributed by atoms with E-state index < -0.39 is 36.3 Å². The molecule has 1 fully saturated rings. The van der Waals surface area contributed by atoms with Crippen LogP contribution in [0.5, 0.6) is 0 Å². The third kappa shape index (κ3) is 6.52. The van der Waals surface area contributed by atoms with Crippen LogP contribution in [0.15, 0.2) is 71.3 Å². The Bertz CT molecular complexity index is 1230. The van der Waals surface area contributed by atoms with Crippen molar-refractivity contribution >= 4 is 12.0 Å². The standard InChI is InChI=1S/C27H29F3N4O4/c1-26(2,23-15-21(32-38-23)20-11-7-4-8-12-20)33-13-14-34(22(16-33)24(35)31-18-27(28,29)30)25(36)37-17-19-9-5-3-6-10-19/h3-12,15,22H,13-14,16-18H2,1-2H3,(H,31,35)/t22-/m0/s1. The van der Waals surface area contributed by atoms with Crippen LogP contribution in [-0.2, 0) is 21.7 Å². The van der Waals surface area contributed by atoms with Gasteiger partial charge in [-0.05, 0) is 19.4 Å². The van der Waals surface area contributed by atoms with Gasteiger partial charge in [0.25, 0.3) is 0 Å². The number of carbonyl (C=O) groups is 2. The average molecular weight is 531 g/mol. The summed E-state index contributed by atoms with van der Waals surface area (Å²) >= 11 is 0. The minimum Gasteiger partial charge on any atom is -0.445 e. The molecule has 1 aliphatic rings. The summed E-state index contributed by atoms with van der Waals surface area (Å²) in [4.78, 5) is 28.9. The van der Waals surface area contributed by atoms with Gasteiger partial charge in [-0.25, -0.2) is 4.79 Å². The number of hydrogen-bond acceptors (Lipinski definition) is 6. The number of rotatable bonds is 7. The number of alkyl halides is 3. The molecule has 202 valence electrons. The topological polar surface area (TPSA) is 87.9 Å². The van der Waals surface area contributed by atoms with E-state index in [4.69, 9.17) is 9.26 Å². The molecule has 2 aromatic carbocycles. The van der Waals surface area contributed by atoms with Crippen LogP contribution in [-0.4, -0.2) is 65.4 Å². The Kier molecular flexibility index (Phi) is 8.05. The summed E-state index contributed by atoms with van der Waals surface area (Å²) in [5.74, 6) is -0.395. The van der Waals surface area contributed by atoms with Gasteiger partial charge in [-0.3, -0.25) is 14.6 Å². The lowest BCUT2D eigenvalue weighted by molar-refractivity contribution is -0.143. The van der Waals surface area contributed by atoms with Gasteiger partial charge >= 0.3 is 12.3 Å². The molecule has 3 aromatic rings. The van der Waals surface area contributed by atoms with E-state index in [1.165, 1.54) is 4.90 Å². The predicted molar refractivity (Wildman–Crippen MR) is 133 cm³/mol. The highest BCUT2D eigenvalue weighted by Crippen LogP contribution is 2.33. The lowest BCUT2D eigenvalue weighted by atomic mass is 9.95. The highest BCUT2D eigenvalue weighted by molar-refractivity contribution is 5.86. The SMILES string of the molecule is CC(C)(c1cc(-c2ccccc2)no1)N1CCN(C(=O)OCc2ccccc2)[C@H](C(=O)NCC(F)(F)F)C1. The van der Waals surface area contributed by atoms with E-state index in [2.05, 4.69) is 5.16 Å². The molecule has 1 aliphatic heterocycles. The number of piperazine rings is 1. The van der Waals surface area contributed by atoms with E-state index in [0.717, 1.165) is 11.1 Å². The molecular weight excluding hydrogens is 501 g/mol. The highest BCUT2D eigenvalue weighted by atomic mass is 19.4. The quantitative estimate of drug-likeness (QED) is 0.481. The van der Waals surface area contributed by atoms with Crippen LogP contribution in [0, 0.1) is 0 Å². The molecule has 1 N–H and O–H groups in total. The minimum atomic E-state index is -4.59. The smallest absolute Gasteiger partial charge is 0.410 e. The Hall–Kier alpha value is -3.86. The lowest BCUT2D eigenvalue weighted by Gasteiger charge is -2.45. The monoisotopic (exact) mass is 530 g/mol. The fraction of sp³-hybridized carbons (Fsp3) is 0.370. The number of ether oxygens (including phenoxy) is 1. The summed E-state index contributed by atoms with van der Waals surface area (Å²) in [6.07, 6.45) is -5.36. The molecule has 0 saturated carbocycles. The van der Waals surface area contributed by atoms with Crippen molar-refractivity contribution in [2.45, 2.75) is 38.2 Å². The van der Waals surface area contributed by atoms with Gasteiger partial charge in [-0.2, -0.15) is 13.2 Å². The molecule has 0 radical (unpaired) electrons. The van der Waals surface area contributed by atoms with E-state index in [-0.39, 0.29) is 19.7 Å². The molecule has 1 aromatic heterocycles. The first-order valence-electron chi connectivity index (χ1n) is 12.1. The summed E-state index contributed by atoms with van der Waals surface area (Å²) in [5.41, 5.74) is 1.48. The molecular formula is C27H29F3N4O4. The summed E-state index contributed by atoms with van der Waals surface area (Å²) in [5, 5.41) is 6.08. The Morgan fingerprint density at radius 2 is 1.71 bits per heavy atom. The van der Waals surface area contributed by atoms with E-state index in [1.807, 2.05) is 60.5 Å². The van der Waals surface area contributed by atoms with E-state index in [9.17, 15) is 22.8 Å². The Labute approximate surface area is 218 Å². The number of nitrogens with zero attached hydrogens (tertiary/aromatic N) is 3. The van der Waals surface area contributed by atoms with Crippen LogP contribution < -0.4 is 5.32 Å². The first-order chi connectivity index (χ1) is 18.0. The first-order valence-corrected chi connectivity index (χ1v) is 12.1. The maximum Gasteiger partial charge on any atom is 0.410 e.